The SMILES string of the molecule is Cc1ncsc1CCn1c(=O)n(C)c(=O)c2c(-c3ccncc3)n(Cc3cccc4ccccc34)nc21. The largest absolute Gasteiger partial charge is 0.332 e. The third-order valence-electron chi connectivity index (χ3n) is 6.79. The van der Waals surface area contributed by atoms with E-state index in [1.54, 1.807) is 28.3 Å². The molecule has 0 atom stereocenters. The Morgan fingerprint density at radius 2 is 1.76 bits per heavy atom. The minimum absolute atomic E-state index is 0.360. The van der Waals surface area contributed by atoms with Crippen molar-refractivity contribution < 1.29 is 0 Å². The lowest BCUT2D eigenvalue weighted by Gasteiger charge is -2.10. The van der Waals surface area contributed by atoms with Crippen molar-refractivity contribution in [1.82, 2.24) is 28.9 Å². The number of nitrogens with zero attached hydrogens (tertiary/aromatic N) is 6. The van der Waals surface area contributed by atoms with E-state index in [4.69, 9.17) is 5.10 Å². The van der Waals surface area contributed by atoms with Crippen LogP contribution >= 0.6 is 11.3 Å². The third-order valence-corrected chi connectivity index (χ3v) is 7.78. The van der Waals surface area contributed by atoms with E-state index < -0.39 is 0 Å². The van der Waals surface area contributed by atoms with Crippen molar-refractivity contribution in [3.05, 3.63) is 109 Å². The van der Waals surface area contributed by atoms with Gasteiger partial charge in [0, 0.05) is 42.8 Å². The molecule has 0 saturated heterocycles. The highest BCUT2D eigenvalue weighted by Gasteiger charge is 2.23. The van der Waals surface area contributed by atoms with Crippen LogP contribution in [0.15, 0.2) is 82.1 Å². The van der Waals surface area contributed by atoms with E-state index in [1.165, 1.54) is 11.6 Å². The number of aromatic nitrogens is 6. The fourth-order valence-corrected chi connectivity index (χ4v) is 5.62. The quantitative estimate of drug-likeness (QED) is 0.337. The Bertz CT molecular complexity index is 1880. The van der Waals surface area contributed by atoms with Crippen LogP contribution in [0.4, 0.5) is 0 Å². The number of hydrogen-bond donors (Lipinski definition) is 0. The van der Waals surface area contributed by atoms with E-state index in [9.17, 15) is 9.59 Å². The van der Waals surface area contributed by atoms with Crippen LogP contribution in [0.1, 0.15) is 16.1 Å². The molecule has 0 radical (unpaired) electrons. The monoisotopic (exact) mass is 508 g/mol. The second kappa shape index (κ2) is 9.25. The Morgan fingerprint density at radius 3 is 2.54 bits per heavy atom. The molecule has 2 aromatic carbocycles. The normalized spacial score (nSPS) is 11.5. The zero-order valence-corrected chi connectivity index (χ0v) is 21.3. The van der Waals surface area contributed by atoms with Gasteiger partial charge in [-0.05, 0) is 35.4 Å². The second-order valence-electron chi connectivity index (χ2n) is 8.99. The average Bonchev–Trinajstić information content (AvgIpc) is 3.51. The predicted octanol–water partition coefficient (Wildman–Crippen LogP) is 4.17. The molecule has 0 saturated carbocycles. The molecular weight excluding hydrogens is 484 g/mol. The summed E-state index contributed by atoms with van der Waals surface area (Å²) in [6, 6.07) is 18.1. The number of fused-ring (bicyclic) bond motifs is 2. The number of pyridine rings is 1. The first kappa shape index (κ1) is 23.1. The number of hydrogen-bond acceptors (Lipinski definition) is 6. The smallest absolute Gasteiger partial charge is 0.275 e. The van der Waals surface area contributed by atoms with Crippen LogP contribution in [0.3, 0.4) is 0 Å². The van der Waals surface area contributed by atoms with Crippen molar-refractivity contribution in [3.8, 4) is 11.3 Å². The highest BCUT2D eigenvalue weighted by Crippen LogP contribution is 2.28. The van der Waals surface area contributed by atoms with E-state index in [0.29, 0.717) is 36.2 Å². The van der Waals surface area contributed by atoms with Crippen LogP contribution in [0, 0.1) is 6.92 Å². The molecule has 37 heavy (non-hydrogen) atoms. The van der Waals surface area contributed by atoms with E-state index in [0.717, 1.165) is 32.5 Å². The second-order valence-corrected chi connectivity index (χ2v) is 9.93. The van der Waals surface area contributed by atoms with Crippen molar-refractivity contribution in [3.63, 3.8) is 0 Å². The molecule has 0 bridgehead atoms. The summed E-state index contributed by atoms with van der Waals surface area (Å²) in [7, 11) is 1.52. The maximum absolute atomic E-state index is 13.5. The number of rotatable bonds is 6. The van der Waals surface area contributed by atoms with Gasteiger partial charge >= 0.3 is 5.69 Å². The van der Waals surface area contributed by atoms with E-state index in [1.807, 2.05) is 47.4 Å². The van der Waals surface area contributed by atoms with Gasteiger partial charge < -0.3 is 0 Å². The molecule has 184 valence electrons. The molecule has 0 spiro atoms. The van der Waals surface area contributed by atoms with Crippen molar-refractivity contribution in [2.75, 3.05) is 0 Å². The van der Waals surface area contributed by atoms with E-state index >= 15 is 0 Å². The Morgan fingerprint density at radius 1 is 0.973 bits per heavy atom. The first-order valence-corrected chi connectivity index (χ1v) is 12.9. The molecule has 0 aliphatic heterocycles. The zero-order chi connectivity index (χ0) is 25.5. The molecule has 0 aliphatic carbocycles. The lowest BCUT2D eigenvalue weighted by Crippen LogP contribution is -2.38. The van der Waals surface area contributed by atoms with Crippen LogP contribution in [-0.4, -0.2) is 28.9 Å². The molecule has 6 aromatic rings. The van der Waals surface area contributed by atoms with Crippen LogP contribution in [0.5, 0.6) is 0 Å². The van der Waals surface area contributed by atoms with E-state index in [-0.39, 0.29) is 11.2 Å². The van der Waals surface area contributed by atoms with Gasteiger partial charge in [0.2, 0.25) is 0 Å². The summed E-state index contributed by atoms with van der Waals surface area (Å²) in [5, 5.41) is 7.59. The van der Waals surface area contributed by atoms with Crippen molar-refractivity contribution in [1.29, 1.82) is 0 Å². The summed E-state index contributed by atoms with van der Waals surface area (Å²) in [4.78, 5) is 36.4. The molecule has 0 N–H and O–H groups in total. The van der Waals surface area contributed by atoms with Gasteiger partial charge in [-0.2, -0.15) is 5.10 Å². The van der Waals surface area contributed by atoms with Crippen LogP contribution < -0.4 is 11.2 Å². The molecule has 0 amide bonds. The summed E-state index contributed by atoms with van der Waals surface area (Å²) >= 11 is 1.57. The van der Waals surface area contributed by atoms with Gasteiger partial charge in [-0.1, -0.05) is 42.5 Å². The van der Waals surface area contributed by atoms with Crippen LogP contribution in [-0.2, 0) is 26.6 Å². The molecule has 9 heteroatoms. The summed E-state index contributed by atoms with van der Waals surface area (Å²) < 4.78 is 4.63. The third kappa shape index (κ3) is 3.97. The molecule has 8 nitrogen and oxygen atoms in total. The summed E-state index contributed by atoms with van der Waals surface area (Å²) in [6.45, 7) is 2.80. The molecule has 0 unspecified atom stereocenters. The highest BCUT2D eigenvalue weighted by molar-refractivity contribution is 7.09. The van der Waals surface area contributed by atoms with Gasteiger partial charge in [0.25, 0.3) is 5.56 Å². The fraction of sp³-hybridized carbons (Fsp3) is 0.179. The standard InChI is InChI=1S/C28H24N6O2S/c1-18-23(37-17-30-18)12-15-33-26-24(27(35)32(2)28(33)36)25(20-10-13-29-14-11-20)34(31-26)16-21-8-5-7-19-6-3-4-9-22(19)21/h3-11,13-14,17H,12,15-16H2,1-2H3. The number of thiazole rings is 1. The number of aryl methyl sites for hydroxylation is 3. The summed E-state index contributed by atoms with van der Waals surface area (Å²) in [6.07, 6.45) is 4.03. The molecular formula is C28H24N6O2S. The van der Waals surface area contributed by atoms with Crippen molar-refractivity contribution >= 4 is 33.1 Å². The van der Waals surface area contributed by atoms with Gasteiger partial charge in [-0.3, -0.25) is 23.6 Å². The lowest BCUT2D eigenvalue weighted by atomic mass is 10.0. The molecule has 6 rings (SSSR count). The highest BCUT2D eigenvalue weighted by atomic mass is 32.1. The van der Waals surface area contributed by atoms with Gasteiger partial charge in [-0.25, -0.2) is 9.78 Å². The molecule has 0 aliphatic rings. The van der Waals surface area contributed by atoms with Crippen molar-refractivity contribution in [2.24, 2.45) is 7.05 Å². The predicted molar refractivity (Wildman–Crippen MR) is 146 cm³/mol. The zero-order valence-electron chi connectivity index (χ0n) is 20.5. The average molecular weight is 509 g/mol. The molecule has 4 heterocycles. The Labute approximate surface area is 216 Å². The molecule has 0 fully saturated rings. The topological polar surface area (TPSA) is 87.6 Å². The summed E-state index contributed by atoms with van der Waals surface area (Å²) in [5.41, 5.74) is 4.99. The summed E-state index contributed by atoms with van der Waals surface area (Å²) in [5.74, 6) is 0. The van der Waals surface area contributed by atoms with Gasteiger partial charge in [0.1, 0.15) is 5.39 Å². The minimum atomic E-state index is -0.379. The first-order valence-electron chi connectivity index (χ1n) is 12.0. The first-order chi connectivity index (χ1) is 18.0. The van der Waals surface area contributed by atoms with E-state index in [2.05, 4.69) is 34.2 Å². The maximum Gasteiger partial charge on any atom is 0.332 e. The Balaban J connectivity index is 1.59. The molecule has 4 aromatic heterocycles. The van der Waals surface area contributed by atoms with Crippen molar-refractivity contribution in [2.45, 2.75) is 26.4 Å². The van der Waals surface area contributed by atoms with Crippen LogP contribution in [0.2, 0.25) is 0 Å². The van der Waals surface area contributed by atoms with Gasteiger partial charge in [0.15, 0.2) is 5.65 Å². The Hall–Kier alpha value is -4.37. The minimum Gasteiger partial charge on any atom is -0.275 e. The van der Waals surface area contributed by atoms with Crippen LogP contribution in [0.25, 0.3) is 33.1 Å². The van der Waals surface area contributed by atoms with Gasteiger partial charge in [0.05, 0.1) is 23.4 Å². The Kier molecular flexibility index (Phi) is 5.77. The number of benzene rings is 2. The van der Waals surface area contributed by atoms with Gasteiger partial charge in [-0.15, -0.1) is 11.3 Å². The lowest BCUT2D eigenvalue weighted by molar-refractivity contribution is 0.613. The fourth-order valence-electron chi connectivity index (χ4n) is 4.85. The maximum atomic E-state index is 13.5.